The standard InChI is InChI=1S/C34H56O4/c1-11-12-13-17-34(10,37)22-14-19-33(9)27(22)23(38-28(36)29(2,3)4)21-25-31(7)18-16-26(35)30(5,6)24(31)15-20-32(25,33)8/h11-12,22-25,27,37H,13-21H2,1-10H3/b12-11+/t22?,23-,24?,25?,27?,31+,32-,33-,34+/m1/s1. The molecule has 0 amide bonds. The van der Waals surface area contributed by atoms with Gasteiger partial charge < -0.3 is 9.84 Å². The van der Waals surface area contributed by atoms with Gasteiger partial charge in [0, 0.05) is 17.8 Å². The lowest BCUT2D eigenvalue weighted by atomic mass is 9.35. The first kappa shape index (κ1) is 29.8. The lowest BCUT2D eigenvalue weighted by molar-refractivity contribution is -0.240. The van der Waals surface area contributed by atoms with E-state index < -0.39 is 11.0 Å². The normalized spacial score (nSPS) is 44.2. The molecule has 1 N–H and O–H groups in total. The number of ether oxygens (including phenoxy) is 1. The third-order valence-electron chi connectivity index (χ3n) is 12.8. The van der Waals surface area contributed by atoms with Gasteiger partial charge in [-0.2, -0.15) is 0 Å². The van der Waals surface area contributed by atoms with Crippen LogP contribution in [-0.4, -0.2) is 28.6 Å². The average molecular weight is 529 g/mol. The van der Waals surface area contributed by atoms with Crippen molar-refractivity contribution < 1.29 is 19.4 Å². The average Bonchev–Trinajstić information content (AvgIpc) is 3.18. The van der Waals surface area contributed by atoms with Crippen molar-refractivity contribution in [3.63, 3.8) is 0 Å². The molecule has 0 radical (unpaired) electrons. The minimum atomic E-state index is -0.808. The molecule has 4 saturated carbocycles. The van der Waals surface area contributed by atoms with Crippen molar-refractivity contribution in [3.05, 3.63) is 12.2 Å². The Labute approximate surface area is 232 Å². The van der Waals surface area contributed by atoms with Crippen LogP contribution in [0.15, 0.2) is 12.2 Å². The third-order valence-corrected chi connectivity index (χ3v) is 12.8. The van der Waals surface area contributed by atoms with Crippen molar-refractivity contribution in [2.24, 2.45) is 50.7 Å². The molecule has 0 aromatic rings. The Hall–Kier alpha value is -1.16. The van der Waals surface area contributed by atoms with Crippen molar-refractivity contribution in [2.75, 3.05) is 0 Å². The highest BCUT2D eigenvalue weighted by atomic mass is 16.5. The molecular weight excluding hydrogens is 472 g/mol. The maximum Gasteiger partial charge on any atom is 0.311 e. The summed E-state index contributed by atoms with van der Waals surface area (Å²) in [5.41, 5.74) is -1.60. The summed E-state index contributed by atoms with van der Waals surface area (Å²) >= 11 is 0. The van der Waals surface area contributed by atoms with E-state index in [0.29, 0.717) is 24.0 Å². The SMILES string of the molecule is C/C=C/CC[C@](C)(O)C1CC[C@]2(C)C1[C@H](OC(=O)C(C)(C)C)CC1[C@@]3(C)CCC(=O)C(C)(C)C3CC[C@]12C. The maximum atomic E-state index is 13.4. The van der Waals surface area contributed by atoms with Crippen LogP contribution in [0.5, 0.6) is 0 Å². The van der Waals surface area contributed by atoms with E-state index in [1.807, 2.05) is 34.6 Å². The van der Waals surface area contributed by atoms with Crippen molar-refractivity contribution in [1.29, 1.82) is 0 Å². The monoisotopic (exact) mass is 528 g/mol. The van der Waals surface area contributed by atoms with Crippen LogP contribution in [0.25, 0.3) is 0 Å². The summed E-state index contributed by atoms with van der Waals surface area (Å²) in [4.78, 5) is 26.5. The lowest BCUT2D eigenvalue weighted by Gasteiger charge is -2.70. The number of hydrogen-bond donors (Lipinski definition) is 1. The minimum absolute atomic E-state index is 0.0341. The Kier molecular flexibility index (Phi) is 7.42. The fourth-order valence-corrected chi connectivity index (χ4v) is 10.4. The number of carbonyl (C=O) groups is 2. The first-order valence-electron chi connectivity index (χ1n) is 15.4. The highest BCUT2D eigenvalue weighted by molar-refractivity contribution is 5.85. The molecule has 9 atom stereocenters. The van der Waals surface area contributed by atoms with Gasteiger partial charge in [0.25, 0.3) is 0 Å². The summed E-state index contributed by atoms with van der Waals surface area (Å²) in [5, 5.41) is 11.9. The zero-order chi connectivity index (χ0) is 28.5. The van der Waals surface area contributed by atoms with Crippen LogP contribution < -0.4 is 0 Å². The smallest absolute Gasteiger partial charge is 0.311 e. The fourth-order valence-electron chi connectivity index (χ4n) is 10.4. The summed E-state index contributed by atoms with van der Waals surface area (Å²) in [6.45, 7) is 21.7. The molecule has 0 bridgehead atoms. The van der Waals surface area contributed by atoms with Gasteiger partial charge in [0.1, 0.15) is 11.9 Å². The summed E-state index contributed by atoms with van der Waals surface area (Å²) < 4.78 is 6.55. The predicted octanol–water partition coefficient (Wildman–Crippen LogP) is 7.92. The number of rotatable bonds is 5. The van der Waals surface area contributed by atoms with E-state index in [9.17, 15) is 14.7 Å². The second-order valence-corrected chi connectivity index (χ2v) is 16.2. The first-order valence-corrected chi connectivity index (χ1v) is 15.4. The highest BCUT2D eigenvalue weighted by Crippen LogP contribution is 2.75. The molecule has 4 aliphatic rings. The fraction of sp³-hybridized carbons (Fsp3) is 0.882. The second kappa shape index (κ2) is 9.45. The minimum Gasteiger partial charge on any atom is -0.462 e. The number of hydrogen-bond acceptors (Lipinski definition) is 4. The molecule has 4 unspecified atom stereocenters. The molecule has 0 aromatic carbocycles. The van der Waals surface area contributed by atoms with Crippen LogP contribution in [0.1, 0.15) is 127 Å². The van der Waals surface area contributed by atoms with Crippen LogP contribution >= 0.6 is 0 Å². The predicted molar refractivity (Wildman–Crippen MR) is 153 cm³/mol. The molecule has 0 aromatic heterocycles. The summed E-state index contributed by atoms with van der Waals surface area (Å²) in [7, 11) is 0. The van der Waals surface area contributed by atoms with Gasteiger partial charge in [-0.25, -0.2) is 0 Å². The molecule has 4 heteroatoms. The lowest BCUT2D eigenvalue weighted by Crippen LogP contribution is -2.66. The molecular formula is C34H56O4. The van der Waals surface area contributed by atoms with Crippen LogP contribution in [0.3, 0.4) is 0 Å². The zero-order valence-electron chi connectivity index (χ0n) is 26.1. The van der Waals surface area contributed by atoms with Gasteiger partial charge in [-0.15, -0.1) is 0 Å². The van der Waals surface area contributed by atoms with Gasteiger partial charge >= 0.3 is 5.97 Å². The van der Waals surface area contributed by atoms with Gasteiger partial charge in [-0.05, 0) is 120 Å². The van der Waals surface area contributed by atoms with Crippen molar-refractivity contribution in [3.8, 4) is 0 Å². The van der Waals surface area contributed by atoms with Gasteiger partial charge in [-0.1, -0.05) is 46.8 Å². The quantitative estimate of drug-likeness (QED) is 0.291. The molecule has 38 heavy (non-hydrogen) atoms. The molecule has 4 nitrogen and oxygen atoms in total. The van der Waals surface area contributed by atoms with Crippen LogP contribution in [0.2, 0.25) is 0 Å². The Morgan fingerprint density at radius 2 is 1.63 bits per heavy atom. The summed E-state index contributed by atoms with van der Waals surface area (Å²) in [5.74, 6) is 1.25. The summed E-state index contributed by atoms with van der Waals surface area (Å²) in [6.07, 6.45) is 12.2. The van der Waals surface area contributed by atoms with E-state index in [1.165, 1.54) is 0 Å². The largest absolute Gasteiger partial charge is 0.462 e. The topological polar surface area (TPSA) is 63.6 Å². The van der Waals surface area contributed by atoms with Crippen LogP contribution in [0, 0.1) is 50.7 Å². The molecule has 0 aliphatic heterocycles. The Bertz CT molecular complexity index is 969. The molecule has 0 saturated heterocycles. The third kappa shape index (κ3) is 4.34. The van der Waals surface area contributed by atoms with Gasteiger partial charge in [0.05, 0.1) is 11.0 Å². The number of aliphatic hydroxyl groups is 1. The Balaban J connectivity index is 1.79. The van der Waals surface area contributed by atoms with Crippen molar-refractivity contribution in [2.45, 2.75) is 139 Å². The van der Waals surface area contributed by atoms with Crippen LogP contribution in [0.4, 0.5) is 0 Å². The number of carbonyl (C=O) groups excluding carboxylic acids is 2. The molecule has 4 rings (SSSR count). The number of allylic oxidation sites excluding steroid dienone is 2. The molecule has 4 aliphatic carbocycles. The Morgan fingerprint density at radius 3 is 2.24 bits per heavy atom. The van der Waals surface area contributed by atoms with Crippen molar-refractivity contribution in [1.82, 2.24) is 0 Å². The van der Waals surface area contributed by atoms with E-state index in [0.717, 1.165) is 51.4 Å². The number of fused-ring (bicyclic) bond motifs is 5. The Morgan fingerprint density at radius 1 is 1.00 bits per heavy atom. The second-order valence-electron chi connectivity index (χ2n) is 16.2. The van der Waals surface area contributed by atoms with E-state index >= 15 is 0 Å². The number of Topliss-reactive ketones (excluding diaryl/α,β-unsaturated/α-hetero) is 1. The van der Waals surface area contributed by atoms with E-state index in [2.05, 4.69) is 46.8 Å². The van der Waals surface area contributed by atoms with Crippen molar-refractivity contribution >= 4 is 11.8 Å². The summed E-state index contributed by atoms with van der Waals surface area (Å²) in [6, 6.07) is 0. The molecule has 216 valence electrons. The first-order chi connectivity index (χ1) is 17.4. The van der Waals surface area contributed by atoms with Gasteiger partial charge in [0.2, 0.25) is 0 Å². The molecule has 0 spiro atoms. The van der Waals surface area contributed by atoms with Gasteiger partial charge in [-0.3, -0.25) is 9.59 Å². The van der Waals surface area contributed by atoms with E-state index in [1.54, 1.807) is 0 Å². The van der Waals surface area contributed by atoms with Gasteiger partial charge in [0.15, 0.2) is 0 Å². The van der Waals surface area contributed by atoms with Crippen LogP contribution in [-0.2, 0) is 14.3 Å². The molecule has 0 heterocycles. The van der Waals surface area contributed by atoms with E-state index in [-0.39, 0.29) is 45.6 Å². The number of esters is 1. The molecule has 4 fully saturated rings. The van der Waals surface area contributed by atoms with E-state index in [4.69, 9.17) is 4.74 Å². The highest BCUT2D eigenvalue weighted by Gasteiger charge is 2.72. The number of ketones is 1. The maximum absolute atomic E-state index is 13.4. The zero-order valence-corrected chi connectivity index (χ0v) is 26.1.